The molecule has 0 aliphatic carbocycles. The molecule has 0 spiro atoms. The summed E-state index contributed by atoms with van der Waals surface area (Å²) >= 11 is 10.4. The predicted octanol–water partition coefficient (Wildman–Crippen LogP) is 7.09. The molecule has 1 fully saturated rings. The molecule has 4 aromatic rings. The van der Waals surface area contributed by atoms with Crippen molar-refractivity contribution in [3.63, 3.8) is 0 Å². The molecule has 0 radical (unpaired) electrons. The van der Waals surface area contributed by atoms with Crippen LogP contribution < -0.4 is 19.6 Å². The lowest BCUT2D eigenvalue weighted by Crippen LogP contribution is -2.24. The maximum absolute atomic E-state index is 12.2. The van der Waals surface area contributed by atoms with Gasteiger partial charge in [-0.1, -0.05) is 60.1 Å². The number of benzene rings is 4. The van der Waals surface area contributed by atoms with Crippen LogP contribution in [0, 0.1) is 0 Å². The first kappa shape index (κ1) is 27.2. The zero-order valence-corrected chi connectivity index (χ0v) is 23.7. The molecule has 1 saturated heterocycles. The summed E-state index contributed by atoms with van der Waals surface area (Å²) in [7, 11) is 1.55. The molecular weight excluding hydrogens is 552 g/mol. The number of nitrogens with one attached hydrogen (secondary N) is 1. The third kappa shape index (κ3) is 7.20. The summed E-state index contributed by atoms with van der Waals surface area (Å²) < 4.78 is 17.6. The number of ether oxygens (including phenoxy) is 3. The number of hydrogen-bond acceptors (Lipinski definition) is 7. The summed E-state index contributed by atoms with van der Waals surface area (Å²) in [6.07, 6.45) is 1.49. The number of rotatable bonds is 10. The van der Waals surface area contributed by atoms with Crippen LogP contribution in [0.1, 0.15) is 21.3 Å². The Bertz CT molecular complexity index is 1470. The fourth-order valence-corrected chi connectivity index (χ4v) is 7.20. The highest BCUT2D eigenvalue weighted by molar-refractivity contribution is 8.19. The number of carbonyl (C=O) groups excluding carboxylic acids is 1. The van der Waals surface area contributed by atoms with E-state index in [1.165, 1.54) is 28.7 Å². The van der Waals surface area contributed by atoms with Crippen molar-refractivity contribution in [2.75, 3.05) is 25.2 Å². The third-order valence-electron chi connectivity index (χ3n) is 6.00. The summed E-state index contributed by atoms with van der Waals surface area (Å²) in [5, 5.41) is 6.72. The second-order valence-electron chi connectivity index (χ2n) is 8.73. The van der Waals surface area contributed by atoms with Gasteiger partial charge in [-0.2, -0.15) is 5.10 Å². The van der Waals surface area contributed by atoms with Gasteiger partial charge in [0, 0.05) is 11.5 Å². The number of amides is 1. The molecule has 6 nitrogen and oxygen atoms in total. The van der Waals surface area contributed by atoms with Crippen LogP contribution in [0.2, 0.25) is 5.02 Å². The minimum atomic E-state index is -0.370. The molecule has 5 rings (SSSR count). The zero-order valence-electron chi connectivity index (χ0n) is 21.3. The molecule has 9 heteroatoms. The minimum Gasteiger partial charge on any atom is -0.493 e. The molecule has 1 aliphatic rings. The van der Waals surface area contributed by atoms with Gasteiger partial charge in [-0.25, -0.2) is 5.43 Å². The number of thioether (sulfide) groups is 2. The molecule has 200 valence electrons. The van der Waals surface area contributed by atoms with Crippen molar-refractivity contribution < 1.29 is 19.0 Å². The number of fused-ring (bicyclic) bond motifs is 1. The smallest absolute Gasteiger partial charge is 0.277 e. The van der Waals surface area contributed by atoms with E-state index in [-0.39, 0.29) is 12.5 Å². The maximum atomic E-state index is 12.2. The fourth-order valence-electron chi connectivity index (χ4n) is 4.07. The first-order valence-corrected chi connectivity index (χ1v) is 14.8. The lowest BCUT2D eigenvalue weighted by Gasteiger charge is -2.13. The standard InChI is InChI=1S/C30H27ClN2O4S2/c1-35-27-16-21(15-26(31)29(27)37-18-20-6-7-22-4-2-3-5-24(22)14-20)17-32-33-28(34)19-36-25-10-8-23(9-11-25)30-38-12-13-39-30/h2-11,14-17,30H,12-13,18-19H2,1H3,(H,33,34)/b32-17-. The summed E-state index contributed by atoms with van der Waals surface area (Å²) in [4.78, 5) is 12.2. The molecule has 0 bridgehead atoms. The second kappa shape index (κ2) is 13.2. The molecule has 1 amide bonds. The van der Waals surface area contributed by atoms with E-state index in [1.54, 1.807) is 19.2 Å². The Morgan fingerprint density at radius 2 is 1.77 bits per heavy atom. The summed E-state index contributed by atoms with van der Waals surface area (Å²) in [5.41, 5.74) is 5.41. The van der Waals surface area contributed by atoms with E-state index in [9.17, 15) is 4.79 Å². The number of hydrazone groups is 1. The van der Waals surface area contributed by atoms with Gasteiger partial charge in [-0.15, -0.1) is 23.5 Å². The average molecular weight is 579 g/mol. The van der Waals surface area contributed by atoms with Crippen LogP contribution in [0.4, 0.5) is 0 Å². The van der Waals surface area contributed by atoms with Crippen molar-refractivity contribution in [3.8, 4) is 17.2 Å². The maximum Gasteiger partial charge on any atom is 0.277 e. The predicted molar refractivity (Wildman–Crippen MR) is 162 cm³/mol. The molecule has 0 saturated carbocycles. The number of carbonyl (C=O) groups is 1. The van der Waals surface area contributed by atoms with Crippen LogP contribution in [-0.2, 0) is 11.4 Å². The lowest BCUT2D eigenvalue weighted by atomic mass is 10.1. The van der Waals surface area contributed by atoms with Gasteiger partial charge in [0.2, 0.25) is 0 Å². The van der Waals surface area contributed by atoms with Gasteiger partial charge in [-0.3, -0.25) is 4.79 Å². The van der Waals surface area contributed by atoms with Gasteiger partial charge in [0.25, 0.3) is 5.91 Å². The summed E-state index contributed by atoms with van der Waals surface area (Å²) in [6, 6.07) is 25.7. The molecule has 1 heterocycles. The van der Waals surface area contributed by atoms with Gasteiger partial charge < -0.3 is 14.2 Å². The highest BCUT2D eigenvalue weighted by Crippen LogP contribution is 2.45. The minimum absolute atomic E-state index is 0.144. The Kier molecular flexibility index (Phi) is 9.19. The molecule has 4 aromatic carbocycles. The molecule has 1 N–H and O–H groups in total. The van der Waals surface area contributed by atoms with Crippen molar-refractivity contribution in [2.24, 2.45) is 5.10 Å². The molecule has 1 aliphatic heterocycles. The first-order chi connectivity index (χ1) is 19.1. The van der Waals surface area contributed by atoms with E-state index < -0.39 is 0 Å². The van der Waals surface area contributed by atoms with Crippen LogP contribution in [0.3, 0.4) is 0 Å². The third-order valence-corrected chi connectivity index (χ3v) is 9.38. The number of hydrogen-bond donors (Lipinski definition) is 1. The first-order valence-electron chi connectivity index (χ1n) is 12.3. The molecule has 0 unspecified atom stereocenters. The highest BCUT2D eigenvalue weighted by Gasteiger charge is 2.18. The SMILES string of the molecule is COc1cc(/C=N\NC(=O)COc2ccc(C3SCCS3)cc2)cc(Cl)c1OCc1ccc2ccccc2c1. The van der Waals surface area contributed by atoms with E-state index in [4.69, 9.17) is 25.8 Å². The molecule has 0 atom stereocenters. The van der Waals surface area contributed by atoms with E-state index >= 15 is 0 Å². The normalized spacial score (nSPS) is 13.6. The molecular formula is C30H27ClN2O4S2. The van der Waals surface area contributed by atoms with Crippen molar-refractivity contribution in [1.82, 2.24) is 5.43 Å². The van der Waals surface area contributed by atoms with Crippen LogP contribution in [0.15, 0.2) is 84.0 Å². The van der Waals surface area contributed by atoms with Gasteiger partial charge in [0.15, 0.2) is 18.1 Å². The highest BCUT2D eigenvalue weighted by atomic mass is 35.5. The molecule has 39 heavy (non-hydrogen) atoms. The Labute approximate surface area is 241 Å². The lowest BCUT2D eigenvalue weighted by molar-refractivity contribution is -0.123. The van der Waals surface area contributed by atoms with E-state index in [0.717, 1.165) is 10.9 Å². The van der Waals surface area contributed by atoms with Gasteiger partial charge in [0.05, 0.1) is 22.9 Å². The Hall–Kier alpha value is -3.33. The van der Waals surface area contributed by atoms with Gasteiger partial charge >= 0.3 is 0 Å². The summed E-state index contributed by atoms with van der Waals surface area (Å²) in [6.45, 7) is 0.195. The van der Waals surface area contributed by atoms with Crippen LogP contribution >= 0.6 is 35.1 Å². The van der Waals surface area contributed by atoms with Crippen molar-refractivity contribution in [3.05, 3.63) is 101 Å². The van der Waals surface area contributed by atoms with Crippen LogP contribution in [0.5, 0.6) is 17.2 Å². The van der Waals surface area contributed by atoms with Crippen LogP contribution in [-0.4, -0.2) is 37.3 Å². The molecule has 0 aromatic heterocycles. The monoisotopic (exact) mass is 578 g/mol. The Morgan fingerprint density at radius 3 is 2.54 bits per heavy atom. The Balaban J connectivity index is 1.14. The number of nitrogens with zero attached hydrogens (tertiary/aromatic N) is 1. The second-order valence-corrected chi connectivity index (χ2v) is 11.9. The number of halogens is 1. The van der Waals surface area contributed by atoms with Crippen LogP contribution in [0.25, 0.3) is 10.8 Å². The Morgan fingerprint density at radius 1 is 1.00 bits per heavy atom. The van der Waals surface area contributed by atoms with E-state index in [0.29, 0.717) is 39.0 Å². The van der Waals surface area contributed by atoms with Gasteiger partial charge in [-0.05, 0) is 57.8 Å². The van der Waals surface area contributed by atoms with Gasteiger partial charge in [0.1, 0.15) is 12.4 Å². The fraction of sp³-hybridized carbons (Fsp3) is 0.200. The van der Waals surface area contributed by atoms with E-state index in [1.807, 2.05) is 66.0 Å². The largest absolute Gasteiger partial charge is 0.493 e. The quantitative estimate of drug-likeness (QED) is 0.160. The van der Waals surface area contributed by atoms with Crippen molar-refractivity contribution in [2.45, 2.75) is 11.2 Å². The summed E-state index contributed by atoms with van der Waals surface area (Å²) in [5.74, 6) is 3.54. The number of methoxy groups -OCH3 is 1. The van der Waals surface area contributed by atoms with Crippen molar-refractivity contribution in [1.29, 1.82) is 0 Å². The topological polar surface area (TPSA) is 69.2 Å². The zero-order chi connectivity index (χ0) is 27.0. The van der Waals surface area contributed by atoms with E-state index in [2.05, 4.69) is 34.8 Å². The van der Waals surface area contributed by atoms with Crippen molar-refractivity contribution >= 4 is 58.0 Å². The average Bonchev–Trinajstić information content (AvgIpc) is 3.51.